The minimum atomic E-state index is -1.16. The van der Waals surface area contributed by atoms with Crippen LogP contribution in [-0.4, -0.2) is 27.2 Å². The van der Waals surface area contributed by atoms with Gasteiger partial charge in [0, 0.05) is 11.6 Å². The molecule has 0 aliphatic rings. The quantitative estimate of drug-likeness (QED) is 0.643. The van der Waals surface area contributed by atoms with Crippen molar-refractivity contribution in [1.29, 1.82) is 0 Å². The molecule has 0 atom stereocenters. The molecule has 0 radical (unpaired) electrons. The first-order valence-corrected chi connectivity index (χ1v) is 5.98. The molecule has 2 aromatic rings. The van der Waals surface area contributed by atoms with Crippen LogP contribution in [0.3, 0.4) is 0 Å². The van der Waals surface area contributed by atoms with E-state index in [-0.39, 0.29) is 17.0 Å². The Hall–Kier alpha value is -2.61. The lowest BCUT2D eigenvalue weighted by atomic mass is 10.2. The van der Waals surface area contributed by atoms with Gasteiger partial charge in [-0.25, -0.2) is 14.6 Å². The van der Waals surface area contributed by atoms with E-state index in [1.54, 1.807) is 11.6 Å². The number of carbonyl (C=O) groups excluding carboxylic acids is 1. The van der Waals surface area contributed by atoms with Crippen LogP contribution in [0.2, 0.25) is 0 Å². The lowest BCUT2D eigenvalue weighted by Gasteiger charge is -2.07. The normalized spacial score (nSPS) is 9.89. The molecular formula is C11H9N3O4S. The number of rotatable bonds is 3. The Morgan fingerprint density at radius 2 is 2.05 bits per heavy atom. The smallest absolute Gasteiger partial charge is 0.335 e. The summed E-state index contributed by atoms with van der Waals surface area (Å²) in [4.78, 5) is 26.1. The zero-order chi connectivity index (χ0) is 13.8. The second-order valence-electron chi connectivity index (χ2n) is 3.45. The molecule has 1 aromatic carbocycles. The Morgan fingerprint density at radius 1 is 1.26 bits per heavy atom. The Bertz CT molecular complexity index is 612. The first-order chi connectivity index (χ1) is 9.06. The van der Waals surface area contributed by atoms with Crippen molar-refractivity contribution in [1.82, 2.24) is 4.98 Å². The summed E-state index contributed by atoms with van der Waals surface area (Å²) in [5.74, 6) is -1.48. The maximum absolute atomic E-state index is 11.6. The van der Waals surface area contributed by atoms with Crippen LogP contribution in [0.1, 0.15) is 10.4 Å². The molecule has 2 rings (SSSR count). The number of carbonyl (C=O) groups is 2. The maximum Gasteiger partial charge on any atom is 0.335 e. The number of aromatic carboxylic acids is 1. The van der Waals surface area contributed by atoms with Crippen LogP contribution in [0.15, 0.2) is 29.8 Å². The topological polar surface area (TPSA) is 112 Å². The average Bonchev–Trinajstić information content (AvgIpc) is 2.84. The van der Waals surface area contributed by atoms with Crippen LogP contribution >= 0.6 is 11.3 Å². The maximum atomic E-state index is 11.6. The lowest BCUT2D eigenvalue weighted by Crippen LogP contribution is -2.19. The Morgan fingerprint density at radius 3 is 2.63 bits per heavy atom. The van der Waals surface area contributed by atoms with E-state index in [0.717, 1.165) is 6.07 Å². The fourth-order valence-corrected chi connectivity index (χ4v) is 1.83. The number of thiazole rings is 1. The first kappa shape index (κ1) is 12.8. The largest absolute Gasteiger partial charge is 0.506 e. The molecule has 19 heavy (non-hydrogen) atoms. The third-order valence-corrected chi connectivity index (χ3v) is 2.83. The molecular weight excluding hydrogens is 270 g/mol. The van der Waals surface area contributed by atoms with Crippen molar-refractivity contribution in [3.63, 3.8) is 0 Å². The van der Waals surface area contributed by atoms with Gasteiger partial charge in [0.2, 0.25) is 0 Å². The molecule has 1 heterocycles. The van der Waals surface area contributed by atoms with Crippen molar-refractivity contribution < 1.29 is 19.8 Å². The number of anilines is 2. The van der Waals surface area contributed by atoms with E-state index in [2.05, 4.69) is 15.6 Å². The number of nitrogens with one attached hydrogen (secondary N) is 2. The zero-order valence-corrected chi connectivity index (χ0v) is 10.3. The van der Waals surface area contributed by atoms with E-state index in [4.69, 9.17) is 5.11 Å². The van der Waals surface area contributed by atoms with Gasteiger partial charge in [0.25, 0.3) is 0 Å². The first-order valence-electron chi connectivity index (χ1n) is 5.10. The molecule has 0 aliphatic heterocycles. The van der Waals surface area contributed by atoms with Crippen LogP contribution in [0.25, 0.3) is 0 Å². The van der Waals surface area contributed by atoms with Gasteiger partial charge in [-0.15, -0.1) is 11.3 Å². The molecule has 0 unspecified atom stereocenters. The van der Waals surface area contributed by atoms with Crippen LogP contribution < -0.4 is 10.6 Å². The van der Waals surface area contributed by atoms with Gasteiger partial charge in [-0.2, -0.15) is 0 Å². The van der Waals surface area contributed by atoms with E-state index >= 15 is 0 Å². The number of aromatic hydroxyl groups is 1. The highest BCUT2D eigenvalue weighted by Gasteiger charge is 2.10. The summed E-state index contributed by atoms with van der Waals surface area (Å²) < 4.78 is 0. The molecule has 0 aliphatic carbocycles. The highest BCUT2D eigenvalue weighted by molar-refractivity contribution is 7.13. The van der Waals surface area contributed by atoms with Crippen LogP contribution in [0.5, 0.6) is 5.75 Å². The number of carboxylic acid groups (broad SMARTS) is 1. The molecule has 0 fully saturated rings. The predicted molar refractivity (Wildman–Crippen MR) is 69.8 cm³/mol. The number of hydrogen-bond donors (Lipinski definition) is 4. The van der Waals surface area contributed by atoms with Crippen molar-refractivity contribution in [2.75, 3.05) is 10.6 Å². The van der Waals surface area contributed by atoms with Gasteiger partial charge < -0.3 is 15.5 Å². The standard InChI is InChI=1S/C11H9N3O4S/c15-8-5-6(9(16)17)1-2-7(8)13-10(18)14-11-12-3-4-19-11/h1-5,15H,(H,16,17)(H2,12,13,14,18). The summed E-state index contributed by atoms with van der Waals surface area (Å²) in [6.45, 7) is 0. The van der Waals surface area contributed by atoms with Crippen molar-refractivity contribution >= 4 is 34.2 Å². The number of aromatic nitrogens is 1. The van der Waals surface area contributed by atoms with Gasteiger partial charge >= 0.3 is 12.0 Å². The number of nitrogens with zero attached hydrogens (tertiary/aromatic N) is 1. The van der Waals surface area contributed by atoms with Gasteiger partial charge in [-0.3, -0.25) is 5.32 Å². The van der Waals surface area contributed by atoms with E-state index in [1.807, 2.05) is 0 Å². The highest BCUT2D eigenvalue weighted by atomic mass is 32.1. The summed E-state index contributed by atoms with van der Waals surface area (Å²) in [6, 6.07) is 3.07. The number of phenols is 1. The van der Waals surface area contributed by atoms with Crippen molar-refractivity contribution in [2.24, 2.45) is 0 Å². The molecule has 0 saturated heterocycles. The van der Waals surface area contributed by atoms with Gasteiger partial charge in [0.15, 0.2) is 5.13 Å². The van der Waals surface area contributed by atoms with Crippen LogP contribution in [0, 0.1) is 0 Å². The SMILES string of the molecule is O=C(Nc1nccs1)Nc1ccc(C(=O)O)cc1O. The van der Waals surface area contributed by atoms with E-state index in [0.29, 0.717) is 5.13 Å². The average molecular weight is 279 g/mol. The summed E-state index contributed by atoms with van der Waals surface area (Å²) in [5.41, 5.74) is 0.0439. The summed E-state index contributed by atoms with van der Waals surface area (Å²) in [7, 11) is 0. The van der Waals surface area contributed by atoms with Crippen molar-refractivity contribution in [3.8, 4) is 5.75 Å². The summed E-state index contributed by atoms with van der Waals surface area (Å²) in [6.07, 6.45) is 1.54. The number of hydrogen-bond acceptors (Lipinski definition) is 5. The second kappa shape index (κ2) is 5.36. The summed E-state index contributed by atoms with van der Waals surface area (Å²) in [5, 5.41) is 25.3. The number of carboxylic acids is 1. The number of amides is 2. The van der Waals surface area contributed by atoms with Gasteiger partial charge in [-0.05, 0) is 18.2 Å². The van der Waals surface area contributed by atoms with Crippen LogP contribution in [-0.2, 0) is 0 Å². The highest BCUT2D eigenvalue weighted by Crippen LogP contribution is 2.24. The van der Waals surface area contributed by atoms with Crippen molar-refractivity contribution in [2.45, 2.75) is 0 Å². The van der Waals surface area contributed by atoms with Gasteiger partial charge in [0.05, 0.1) is 11.3 Å². The number of phenolic OH excluding ortho intramolecular Hbond substituents is 1. The minimum Gasteiger partial charge on any atom is -0.506 e. The molecule has 0 spiro atoms. The molecule has 7 nitrogen and oxygen atoms in total. The molecule has 0 bridgehead atoms. The lowest BCUT2D eigenvalue weighted by molar-refractivity contribution is 0.0696. The molecule has 4 N–H and O–H groups in total. The van der Waals surface area contributed by atoms with Gasteiger partial charge in [0.1, 0.15) is 5.75 Å². The fourth-order valence-electron chi connectivity index (χ4n) is 1.31. The Balaban J connectivity index is 2.07. The minimum absolute atomic E-state index is 0.0663. The number of urea groups is 1. The van der Waals surface area contributed by atoms with E-state index in [1.165, 1.54) is 23.5 Å². The van der Waals surface area contributed by atoms with E-state index in [9.17, 15) is 14.7 Å². The predicted octanol–water partition coefficient (Wildman–Crippen LogP) is 2.19. The summed E-state index contributed by atoms with van der Waals surface area (Å²) >= 11 is 1.25. The van der Waals surface area contributed by atoms with Gasteiger partial charge in [-0.1, -0.05) is 0 Å². The molecule has 98 valence electrons. The molecule has 2 amide bonds. The zero-order valence-electron chi connectivity index (χ0n) is 9.45. The Kier molecular flexibility index (Phi) is 3.62. The number of benzene rings is 1. The third-order valence-electron chi connectivity index (χ3n) is 2.15. The third kappa shape index (κ3) is 3.19. The Labute approximate surface area is 111 Å². The van der Waals surface area contributed by atoms with E-state index < -0.39 is 12.0 Å². The van der Waals surface area contributed by atoms with Crippen molar-refractivity contribution in [3.05, 3.63) is 35.3 Å². The fraction of sp³-hybridized carbons (Fsp3) is 0. The second-order valence-corrected chi connectivity index (χ2v) is 4.35. The van der Waals surface area contributed by atoms with Crippen LogP contribution in [0.4, 0.5) is 15.6 Å². The molecule has 8 heteroatoms. The molecule has 1 aromatic heterocycles. The monoisotopic (exact) mass is 279 g/mol. The molecule has 0 saturated carbocycles.